The second-order valence-corrected chi connectivity index (χ2v) is 8.07. The minimum Gasteiger partial charge on any atom is -0.451 e. The van der Waals surface area contributed by atoms with Gasteiger partial charge in [-0.25, -0.2) is 14.5 Å². The van der Waals surface area contributed by atoms with E-state index in [0.29, 0.717) is 22.5 Å². The number of anilines is 1. The fraction of sp³-hybridized carbons (Fsp3) is 0.130. The Balaban J connectivity index is 1.41. The summed E-state index contributed by atoms with van der Waals surface area (Å²) in [7, 11) is 0. The number of amides is 1. The van der Waals surface area contributed by atoms with Crippen molar-refractivity contribution in [3.05, 3.63) is 89.3 Å². The Bertz CT molecular complexity index is 1270. The van der Waals surface area contributed by atoms with Gasteiger partial charge in [-0.3, -0.25) is 9.36 Å². The second-order valence-electron chi connectivity index (χ2n) is 6.89. The second kappa shape index (κ2) is 10.4. The molecule has 2 heterocycles. The zero-order chi connectivity index (χ0) is 23.2. The highest BCUT2D eigenvalue weighted by Crippen LogP contribution is 2.22. The molecular formula is C23H20ClN5O3S. The molecule has 2 aromatic carbocycles. The zero-order valence-corrected chi connectivity index (χ0v) is 19.2. The van der Waals surface area contributed by atoms with Crippen molar-refractivity contribution in [1.29, 1.82) is 0 Å². The summed E-state index contributed by atoms with van der Waals surface area (Å²) < 4.78 is 8.57. The van der Waals surface area contributed by atoms with Crippen LogP contribution in [0.2, 0.25) is 5.02 Å². The summed E-state index contributed by atoms with van der Waals surface area (Å²) in [5, 5.41) is 8.19. The summed E-state index contributed by atoms with van der Waals surface area (Å²) in [5.74, 6) is -0.665. The summed E-state index contributed by atoms with van der Waals surface area (Å²) in [4.78, 5) is 29.4. The lowest BCUT2D eigenvalue weighted by atomic mass is 10.2. The maximum absolute atomic E-state index is 12.7. The monoisotopic (exact) mass is 481 g/mol. The normalized spacial score (nSPS) is 10.7. The Morgan fingerprint density at radius 3 is 2.61 bits per heavy atom. The number of hydrogen-bond acceptors (Lipinski definition) is 6. The number of nitrogens with zero attached hydrogens (tertiary/aromatic N) is 4. The molecule has 0 aliphatic rings. The van der Waals surface area contributed by atoms with Crippen molar-refractivity contribution in [3.8, 4) is 5.69 Å². The highest BCUT2D eigenvalue weighted by atomic mass is 35.5. The molecule has 0 atom stereocenters. The zero-order valence-electron chi connectivity index (χ0n) is 17.6. The van der Waals surface area contributed by atoms with Gasteiger partial charge in [-0.1, -0.05) is 59.8 Å². The van der Waals surface area contributed by atoms with Gasteiger partial charge < -0.3 is 10.1 Å². The summed E-state index contributed by atoms with van der Waals surface area (Å²) in [5.41, 5.74) is 1.88. The minimum atomic E-state index is -0.647. The fourth-order valence-corrected chi connectivity index (χ4v) is 3.93. The fourth-order valence-electron chi connectivity index (χ4n) is 3.19. The standard InChI is InChI=1S/C23H20ClN5O3S/c1-33-23-25-13-19(29(23)17-8-3-2-4-9-17)22(31)32-15-21(30)27-20-11-12-26-28(20)14-16-7-5-6-10-18(16)24/h2-13H,14-15H2,1H3,(H,27,30). The van der Waals surface area contributed by atoms with E-state index >= 15 is 0 Å². The number of ether oxygens (including phenoxy) is 1. The van der Waals surface area contributed by atoms with Crippen LogP contribution in [-0.4, -0.2) is 44.1 Å². The van der Waals surface area contributed by atoms with Crippen LogP contribution in [0.5, 0.6) is 0 Å². The number of rotatable bonds is 8. The van der Waals surface area contributed by atoms with Gasteiger partial charge in [0.2, 0.25) is 0 Å². The van der Waals surface area contributed by atoms with Crippen molar-refractivity contribution in [2.75, 3.05) is 18.2 Å². The number of benzene rings is 2. The van der Waals surface area contributed by atoms with E-state index in [9.17, 15) is 9.59 Å². The molecular weight excluding hydrogens is 462 g/mol. The molecule has 0 fully saturated rings. The van der Waals surface area contributed by atoms with Crippen molar-refractivity contribution < 1.29 is 14.3 Å². The summed E-state index contributed by atoms with van der Waals surface area (Å²) in [6.45, 7) is -0.0690. The summed E-state index contributed by atoms with van der Waals surface area (Å²) >= 11 is 7.62. The first-order valence-corrected chi connectivity index (χ1v) is 11.6. The molecule has 0 spiro atoms. The number of nitrogens with one attached hydrogen (secondary N) is 1. The number of aromatic nitrogens is 4. The van der Waals surface area contributed by atoms with E-state index in [1.54, 1.807) is 27.6 Å². The smallest absolute Gasteiger partial charge is 0.357 e. The van der Waals surface area contributed by atoms with Crippen molar-refractivity contribution >= 4 is 41.1 Å². The number of imidazole rings is 1. The molecule has 0 bridgehead atoms. The molecule has 4 aromatic rings. The van der Waals surface area contributed by atoms with Gasteiger partial charge >= 0.3 is 5.97 Å². The molecule has 0 saturated carbocycles. The van der Waals surface area contributed by atoms with Gasteiger partial charge in [0.05, 0.1) is 18.9 Å². The average Bonchev–Trinajstić information content (AvgIpc) is 3.46. The predicted octanol–water partition coefficient (Wildman–Crippen LogP) is 4.29. The van der Waals surface area contributed by atoms with Gasteiger partial charge in [0.15, 0.2) is 17.5 Å². The SMILES string of the molecule is CSc1ncc(C(=O)OCC(=O)Nc2ccnn2Cc2ccccc2Cl)n1-c1ccccc1. The third kappa shape index (κ3) is 5.27. The van der Waals surface area contributed by atoms with Gasteiger partial charge in [-0.2, -0.15) is 5.10 Å². The number of halogens is 1. The highest BCUT2D eigenvalue weighted by molar-refractivity contribution is 7.98. The number of esters is 1. The van der Waals surface area contributed by atoms with E-state index in [4.69, 9.17) is 16.3 Å². The molecule has 1 amide bonds. The number of carbonyl (C=O) groups is 2. The first-order chi connectivity index (χ1) is 16.1. The van der Waals surface area contributed by atoms with Gasteiger partial charge in [0.1, 0.15) is 5.82 Å². The third-order valence-electron chi connectivity index (χ3n) is 4.73. The van der Waals surface area contributed by atoms with Crippen molar-refractivity contribution in [2.45, 2.75) is 11.7 Å². The molecule has 0 aliphatic heterocycles. The van der Waals surface area contributed by atoms with Gasteiger partial charge in [-0.05, 0) is 30.0 Å². The predicted molar refractivity (Wildman–Crippen MR) is 127 cm³/mol. The van der Waals surface area contributed by atoms with E-state index in [1.807, 2.05) is 54.8 Å². The van der Waals surface area contributed by atoms with E-state index in [0.717, 1.165) is 11.3 Å². The van der Waals surface area contributed by atoms with Gasteiger partial charge in [0, 0.05) is 16.8 Å². The van der Waals surface area contributed by atoms with Gasteiger partial charge in [0.25, 0.3) is 5.91 Å². The largest absolute Gasteiger partial charge is 0.451 e. The van der Waals surface area contributed by atoms with Crippen LogP contribution in [0.4, 0.5) is 5.82 Å². The van der Waals surface area contributed by atoms with Crippen molar-refractivity contribution in [2.24, 2.45) is 0 Å². The van der Waals surface area contributed by atoms with Crippen LogP contribution in [0.25, 0.3) is 5.69 Å². The van der Waals surface area contributed by atoms with Crippen LogP contribution in [0.1, 0.15) is 16.1 Å². The molecule has 33 heavy (non-hydrogen) atoms. The van der Waals surface area contributed by atoms with Crippen molar-refractivity contribution in [3.63, 3.8) is 0 Å². The third-order valence-corrected chi connectivity index (χ3v) is 5.75. The minimum absolute atomic E-state index is 0.238. The lowest BCUT2D eigenvalue weighted by molar-refractivity contribution is -0.119. The molecule has 10 heteroatoms. The molecule has 4 rings (SSSR count). The van der Waals surface area contributed by atoms with E-state index < -0.39 is 18.5 Å². The maximum Gasteiger partial charge on any atom is 0.357 e. The quantitative estimate of drug-likeness (QED) is 0.298. The Labute approximate surface area is 199 Å². The van der Waals surface area contributed by atoms with Gasteiger partial charge in [-0.15, -0.1) is 0 Å². The molecule has 0 unspecified atom stereocenters. The molecule has 0 radical (unpaired) electrons. The Morgan fingerprint density at radius 1 is 1.09 bits per heavy atom. The highest BCUT2D eigenvalue weighted by Gasteiger charge is 2.20. The maximum atomic E-state index is 12.7. The summed E-state index contributed by atoms with van der Waals surface area (Å²) in [6, 6.07) is 18.4. The Kier molecular flexibility index (Phi) is 7.11. The molecule has 168 valence electrons. The Morgan fingerprint density at radius 2 is 1.85 bits per heavy atom. The first-order valence-electron chi connectivity index (χ1n) is 9.96. The van der Waals surface area contributed by atoms with Crippen LogP contribution < -0.4 is 5.32 Å². The number of hydrogen-bond donors (Lipinski definition) is 1. The number of thioether (sulfide) groups is 1. The average molecular weight is 482 g/mol. The number of para-hydroxylation sites is 1. The Hall–Kier alpha value is -3.56. The van der Waals surface area contributed by atoms with Crippen LogP contribution in [-0.2, 0) is 16.1 Å². The van der Waals surface area contributed by atoms with E-state index in [-0.39, 0.29) is 5.69 Å². The molecule has 1 N–H and O–H groups in total. The lowest BCUT2D eigenvalue weighted by Gasteiger charge is -2.12. The van der Waals surface area contributed by atoms with E-state index in [1.165, 1.54) is 18.0 Å². The summed E-state index contributed by atoms with van der Waals surface area (Å²) in [6.07, 6.45) is 4.88. The molecule has 8 nitrogen and oxygen atoms in total. The molecule has 0 saturated heterocycles. The first kappa shape index (κ1) is 22.6. The van der Waals surface area contributed by atoms with Crippen LogP contribution in [0.3, 0.4) is 0 Å². The van der Waals surface area contributed by atoms with Crippen molar-refractivity contribution in [1.82, 2.24) is 19.3 Å². The van der Waals surface area contributed by atoms with Crippen LogP contribution in [0.15, 0.2) is 78.2 Å². The molecule has 0 aliphatic carbocycles. The van der Waals surface area contributed by atoms with Crippen LogP contribution in [0, 0.1) is 0 Å². The lowest BCUT2D eigenvalue weighted by Crippen LogP contribution is -2.23. The van der Waals surface area contributed by atoms with E-state index in [2.05, 4.69) is 15.4 Å². The van der Waals surface area contributed by atoms with Crippen LogP contribution >= 0.6 is 23.4 Å². The molecule has 2 aromatic heterocycles. The topological polar surface area (TPSA) is 91.0 Å². The number of carbonyl (C=O) groups excluding carboxylic acids is 2.